The molecule has 0 N–H and O–H groups in total. The maximum Gasteiger partial charge on any atom is 0.243 e. The van der Waals surface area contributed by atoms with Gasteiger partial charge < -0.3 is 8.98 Å². The Morgan fingerprint density at radius 1 is 1.00 bits per heavy atom. The molecule has 0 amide bonds. The lowest BCUT2D eigenvalue weighted by atomic mass is 10.1. The maximum absolute atomic E-state index is 14.7. The zero-order valence-corrected chi connectivity index (χ0v) is 20.0. The zero-order chi connectivity index (χ0) is 25.0. The van der Waals surface area contributed by atoms with E-state index < -0.39 is 21.7 Å². The van der Waals surface area contributed by atoms with Crippen LogP contribution in [-0.4, -0.2) is 45.3 Å². The molecule has 0 atom stereocenters. The summed E-state index contributed by atoms with van der Waals surface area (Å²) in [5.74, 6) is -0.581. The second kappa shape index (κ2) is 8.45. The van der Waals surface area contributed by atoms with E-state index in [-0.39, 0.29) is 29.6 Å². The number of benzene rings is 2. The van der Waals surface area contributed by atoms with Crippen LogP contribution < -0.4 is 0 Å². The summed E-state index contributed by atoms with van der Waals surface area (Å²) in [7, 11) is -3.75. The molecule has 8 nitrogen and oxygen atoms in total. The van der Waals surface area contributed by atoms with E-state index in [2.05, 4.69) is 15.0 Å². The number of pyridine rings is 1. The van der Waals surface area contributed by atoms with Gasteiger partial charge in [0, 0.05) is 44.4 Å². The molecule has 11 heteroatoms. The fraction of sp³-hybridized carbons (Fsp3) is 0.240. The number of hydrogen-bond acceptors (Lipinski definition) is 6. The fourth-order valence-corrected chi connectivity index (χ4v) is 6.29. The SMILES string of the molecule is Cc1nc2ccc(S(=O)(=O)N3CCC(n4c(-c5ccc(F)cc5F)nc5cccnc54)CC3)cc2o1. The van der Waals surface area contributed by atoms with Crippen molar-refractivity contribution < 1.29 is 21.6 Å². The van der Waals surface area contributed by atoms with Gasteiger partial charge in [-0.25, -0.2) is 32.2 Å². The van der Waals surface area contributed by atoms with Crippen LogP contribution in [0, 0.1) is 18.6 Å². The van der Waals surface area contributed by atoms with Crippen LogP contribution in [0.4, 0.5) is 8.78 Å². The molecule has 2 aromatic carbocycles. The molecule has 1 aliphatic rings. The van der Waals surface area contributed by atoms with E-state index in [0.29, 0.717) is 46.8 Å². The van der Waals surface area contributed by atoms with E-state index in [1.54, 1.807) is 31.3 Å². The Morgan fingerprint density at radius 3 is 2.58 bits per heavy atom. The molecule has 0 unspecified atom stereocenters. The summed E-state index contributed by atoms with van der Waals surface area (Å²) in [6.07, 6.45) is 2.58. The van der Waals surface area contributed by atoms with Crippen molar-refractivity contribution in [2.75, 3.05) is 13.1 Å². The van der Waals surface area contributed by atoms with Crippen LogP contribution in [0.1, 0.15) is 24.8 Å². The molecule has 0 radical (unpaired) electrons. The number of aryl methyl sites for hydroxylation is 1. The number of oxazole rings is 1. The van der Waals surface area contributed by atoms with Crippen molar-refractivity contribution in [1.29, 1.82) is 0 Å². The number of nitrogens with zero attached hydrogens (tertiary/aromatic N) is 5. The van der Waals surface area contributed by atoms with Crippen molar-refractivity contribution in [2.45, 2.75) is 30.7 Å². The van der Waals surface area contributed by atoms with Crippen molar-refractivity contribution in [3.05, 3.63) is 72.3 Å². The summed E-state index contributed by atoms with van der Waals surface area (Å²) in [4.78, 5) is 13.4. The van der Waals surface area contributed by atoms with E-state index in [1.807, 2.05) is 4.57 Å². The van der Waals surface area contributed by atoms with Crippen LogP contribution in [0.2, 0.25) is 0 Å². The molecule has 6 rings (SSSR count). The van der Waals surface area contributed by atoms with Crippen LogP contribution in [0.5, 0.6) is 0 Å². The van der Waals surface area contributed by atoms with Crippen molar-refractivity contribution in [2.24, 2.45) is 0 Å². The zero-order valence-electron chi connectivity index (χ0n) is 19.2. The van der Waals surface area contributed by atoms with Crippen LogP contribution >= 0.6 is 0 Å². The second-order valence-electron chi connectivity index (χ2n) is 8.77. The minimum Gasteiger partial charge on any atom is -0.441 e. The maximum atomic E-state index is 14.7. The Morgan fingerprint density at radius 2 is 1.81 bits per heavy atom. The number of piperidine rings is 1. The molecule has 5 aromatic rings. The van der Waals surface area contributed by atoms with Gasteiger partial charge in [-0.2, -0.15) is 4.31 Å². The highest BCUT2D eigenvalue weighted by molar-refractivity contribution is 7.89. The lowest BCUT2D eigenvalue weighted by molar-refractivity contribution is 0.278. The Hall–Kier alpha value is -3.70. The molecule has 0 bridgehead atoms. The van der Waals surface area contributed by atoms with Crippen LogP contribution in [0.3, 0.4) is 0 Å². The minimum absolute atomic E-state index is 0.147. The van der Waals surface area contributed by atoms with E-state index in [4.69, 9.17) is 4.42 Å². The molecule has 184 valence electrons. The van der Waals surface area contributed by atoms with Gasteiger partial charge in [0.15, 0.2) is 17.1 Å². The third kappa shape index (κ3) is 3.75. The number of aromatic nitrogens is 4. The van der Waals surface area contributed by atoms with E-state index in [9.17, 15) is 17.2 Å². The number of rotatable bonds is 4. The molecule has 1 aliphatic heterocycles. The number of sulfonamides is 1. The number of hydrogen-bond donors (Lipinski definition) is 0. The average Bonchev–Trinajstić information content (AvgIpc) is 3.43. The Kier molecular flexibility index (Phi) is 5.34. The lowest BCUT2D eigenvalue weighted by Gasteiger charge is -2.32. The third-order valence-corrected chi connectivity index (χ3v) is 8.41. The summed E-state index contributed by atoms with van der Waals surface area (Å²) >= 11 is 0. The topological polar surface area (TPSA) is 94.1 Å². The van der Waals surface area contributed by atoms with Gasteiger partial charge in [-0.05, 0) is 49.2 Å². The average molecular weight is 510 g/mol. The van der Waals surface area contributed by atoms with Gasteiger partial charge >= 0.3 is 0 Å². The normalized spacial score (nSPS) is 15.8. The number of halogens is 2. The second-order valence-corrected chi connectivity index (χ2v) is 10.7. The highest BCUT2D eigenvalue weighted by Gasteiger charge is 2.32. The Balaban J connectivity index is 1.32. The molecule has 1 saturated heterocycles. The van der Waals surface area contributed by atoms with Gasteiger partial charge in [0.25, 0.3) is 0 Å². The molecule has 0 spiro atoms. The first-order chi connectivity index (χ1) is 17.3. The van der Waals surface area contributed by atoms with Gasteiger partial charge in [-0.1, -0.05) is 0 Å². The summed E-state index contributed by atoms with van der Waals surface area (Å²) in [6, 6.07) is 11.4. The van der Waals surface area contributed by atoms with Crippen molar-refractivity contribution in [3.8, 4) is 11.4 Å². The molecule has 3 aromatic heterocycles. The van der Waals surface area contributed by atoms with Gasteiger partial charge in [-0.3, -0.25) is 0 Å². The highest BCUT2D eigenvalue weighted by Crippen LogP contribution is 2.35. The molecular formula is C25H21F2N5O3S. The van der Waals surface area contributed by atoms with Gasteiger partial charge in [0.05, 0.1) is 10.5 Å². The predicted molar refractivity (Wildman–Crippen MR) is 129 cm³/mol. The summed E-state index contributed by atoms with van der Waals surface area (Å²) < 4.78 is 63.8. The standard InChI is InChI=1S/C25H21F2N5O3S/c1-15-29-21-7-5-18(14-23(21)35-15)36(33,34)31-11-8-17(9-12-31)32-24(19-6-4-16(26)13-20(19)27)30-22-3-2-10-28-25(22)32/h2-7,10,13-14,17H,8-9,11-12H2,1H3. The van der Waals surface area contributed by atoms with E-state index in [0.717, 1.165) is 6.07 Å². The summed E-state index contributed by atoms with van der Waals surface area (Å²) in [5.41, 5.74) is 2.35. The first kappa shape index (κ1) is 22.7. The van der Waals surface area contributed by atoms with Crippen molar-refractivity contribution in [1.82, 2.24) is 23.8 Å². The van der Waals surface area contributed by atoms with Crippen LogP contribution in [0.25, 0.3) is 33.7 Å². The molecule has 4 heterocycles. The van der Waals surface area contributed by atoms with Crippen molar-refractivity contribution in [3.63, 3.8) is 0 Å². The highest BCUT2D eigenvalue weighted by atomic mass is 32.2. The number of imidazole rings is 1. The quantitative estimate of drug-likeness (QED) is 0.344. The van der Waals surface area contributed by atoms with E-state index >= 15 is 0 Å². The van der Waals surface area contributed by atoms with Crippen LogP contribution in [-0.2, 0) is 10.0 Å². The smallest absolute Gasteiger partial charge is 0.243 e. The van der Waals surface area contributed by atoms with Gasteiger partial charge in [-0.15, -0.1) is 0 Å². The van der Waals surface area contributed by atoms with Crippen molar-refractivity contribution >= 4 is 32.3 Å². The van der Waals surface area contributed by atoms with E-state index in [1.165, 1.54) is 28.6 Å². The van der Waals surface area contributed by atoms with Gasteiger partial charge in [0.1, 0.15) is 28.5 Å². The lowest BCUT2D eigenvalue weighted by Crippen LogP contribution is -2.39. The predicted octanol–water partition coefficient (Wildman–Crippen LogP) is 4.85. The largest absolute Gasteiger partial charge is 0.441 e. The molecule has 36 heavy (non-hydrogen) atoms. The number of fused-ring (bicyclic) bond motifs is 2. The molecule has 0 saturated carbocycles. The van der Waals surface area contributed by atoms with Gasteiger partial charge in [0.2, 0.25) is 10.0 Å². The minimum atomic E-state index is -3.75. The Bertz CT molecular complexity index is 1720. The van der Waals surface area contributed by atoms with Crippen LogP contribution in [0.15, 0.2) is 64.0 Å². The monoisotopic (exact) mass is 509 g/mol. The summed E-state index contributed by atoms with van der Waals surface area (Å²) in [5, 5.41) is 0. The summed E-state index contributed by atoms with van der Waals surface area (Å²) in [6.45, 7) is 2.23. The third-order valence-electron chi connectivity index (χ3n) is 6.51. The molecular weight excluding hydrogens is 488 g/mol. The fourth-order valence-electron chi connectivity index (χ4n) is 4.81. The molecule has 0 aliphatic carbocycles. The Labute approximate surface area is 205 Å². The molecule has 1 fully saturated rings. The first-order valence-electron chi connectivity index (χ1n) is 11.5. The first-order valence-corrected chi connectivity index (χ1v) is 12.9.